The second-order valence-electron chi connectivity index (χ2n) is 5.16. The Balaban J connectivity index is 2.00. The number of anilines is 1. The van der Waals surface area contributed by atoms with Gasteiger partial charge >= 0.3 is 5.97 Å². The number of benzene rings is 1. The normalized spacial score (nSPS) is 23.3. The lowest BCUT2D eigenvalue weighted by atomic mass is 10.1. The van der Waals surface area contributed by atoms with Crippen LogP contribution in [0.4, 0.5) is 5.69 Å². The molecule has 5 heteroatoms. The zero-order valence-corrected chi connectivity index (χ0v) is 12.3. The van der Waals surface area contributed by atoms with E-state index in [1.54, 1.807) is 26.2 Å². The molecule has 1 aliphatic rings. The Kier molecular flexibility index (Phi) is 5.36. The van der Waals surface area contributed by atoms with Crippen LogP contribution in [0.15, 0.2) is 36.4 Å². The van der Waals surface area contributed by atoms with Crippen LogP contribution in [0.3, 0.4) is 0 Å². The molecule has 0 aliphatic carbocycles. The molecule has 3 unspecified atom stereocenters. The lowest BCUT2D eigenvalue weighted by Crippen LogP contribution is -2.27. The first-order valence-corrected chi connectivity index (χ1v) is 6.99. The van der Waals surface area contributed by atoms with E-state index in [4.69, 9.17) is 9.47 Å². The maximum atomic E-state index is 11.5. The lowest BCUT2D eigenvalue weighted by molar-refractivity contribution is -0.140. The van der Waals surface area contributed by atoms with Crippen molar-refractivity contribution in [1.82, 2.24) is 0 Å². The number of esters is 1. The molecule has 1 fully saturated rings. The second-order valence-corrected chi connectivity index (χ2v) is 5.16. The summed E-state index contributed by atoms with van der Waals surface area (Å²) >= 11 is 0. The summed E-state index contributed by atoms with van der Waals surface area (Å²) in [5.41, 5.74) is 2.01. The van der Waals surface area contributed by atoms with Crippen LogP contribution in [0.1, 0.15) is 18.9 Å². The molecular formula is C16H21NO4. The summed E-state index contributed by atoms with van der Waals surface area (Å²) in [7, 11) is 1.66. The minimum absolute atomic E-state index is 0.124. The highest BCUT2D eigenvalue weighted by Crippen LogP contribution is 2.22. The molecule has 2 rings (SSSR count). The summed E-state index contributed by atoms with van der Waals surface area (Å²) in [6, 6.07) is 7.73. The number of cyclic esters (lactones) is 1. The number of methoxy groups -OCH3 is 1. The zero-order valence-electron chi connectivity index (χ0n) is 12.3. The summed E-state index contributed by atoms with van der Waals surface area (Å²) in [6.07, 6.45) is 2.75. The van der Waals surface area contributed by atoms with Crippen LogP contribution >= 0.6 is 0 Å². The van der Waals surface area contributed by atoms with Gasteiger partial charge in [-0.2, -0.15) is 0 Å². The number of rotatable bonds is 6. The van der Waals surface area contributed by atoms with Gasteiger partial charge in [0.1, 0.15) is 6.10 Å². The van der Waals surface area contributed by atoms with E-state index in [1.165, 1.54) is 0 Å². The lowest BCUT2D eigenvalue weighted by Gasteiger charge is -2.17. The Morgan fingerprint density at radius 2 is 2.19 bits per heavy atom. The van der Waals surface area contributed by atoms with E-state index in [9.17, 15) is 9.90 Å². The van der Waals surface area contributed by atoms with Gasteiger partial charge in [0, 0.05) is 12.8 Å². The van der Waals surface area contributed by atoms with Crippen molar-refractivity contribution < 1.29 is 19.4 Å². The first-order valence-electron chi connectivity index (χ1n) is 6.99. The Labute approximate surface area is 124 Å². The van der Waals surface area contributed by atoms with E-state index in [2.05, 4.69) is 5.32 Å². The minimum Gasteiger partial charge on any atom is -0.456 e. The van der Waals surface area contributed by atoms with Crippen LogP contribution in [0.5, 0.6) is 0 Å². The Morgan fingerprint density at radius 1 is 1.48 bits per heavy atom. The molecular weight excluding hydrogens is 270 g/mol. The number of carbonyl (C=O) groups is 1. The van der Waals surface area contributed by atoms with Crippen molar-refractivity contribution in [3.8, 4) is 0 Å². The third-order valence-electron chi connectivity index (χ3n) is 3.25. The molecule has 1 heterocycles. The molecule has 1 aromatic rings. The molecule has 0 radical (unpaired) electrons. The summed E-state index contributed by atoms with van der Waals surface area (Å²) in [4.78, 5) is 11.5. The van der Waals surface area contributed by atoms with Crippen LogP contribution in [-0.4, -0.2) is 36.4 Å². The molecule has 1 aromatic carbocycles. The quantitative estimate of drug-likeness (QED) is 0.618. The van der Waals surface area contributed by atoms with Gasteiger partial charge in [0.05, 0.1) is 25.2 Å². The van der Waals surface area contributed by atoms with Crippen molar-refractivity contribution in [3.05, 3.63) is 42.0 Å². The van der Waals surface area contributed by atoms with E-state index in [0.29, 0.717) is 13.0 Å². The Bertz CT molecular complexity index is 496. The smallest absolute Gasteiger partial charge is 0.308 e. The molecule has 0 aromatic heterocycles. The van der Waals surface area contributed by atoms with Crippen LogP contribution in [-0.2, 0) is 20.9 Å². The fourth-order valence-electron chi connectivity index (χ4n) is 2.23. The molecule has 114 valence electrons. The topological polar surface area (TPSA) is 67.8 Å². The van der Waals surface area contributed by atoms with Gasteiger partial charge in [-0.3, -0.25) is 4.79 Å². The monoisotopic (exact) mass is 291 g/mol. The predicted molar refractivity (Wildman–Crippen MR) is 79.9 cm³/mol. The van der Waals surface area contributed by atoms with Crippen molar-refractivity contribution in [2.24, 2.45) is 0 Å². The average Bonchev–Trinajstić information content (AvgIpc) is 2.79. The maximum Gasteiger partial charge on any atom is 0.308 e. The first-order chi connectivity index (χ1) is 10.1. The number of nitrogens with one attached hydrogen (secondary N) is 1. The number of hydrogen-bond acceptors (Lipinski definition) is 5. The van der Waals surface area contributed by atoms with Gasteiger partial charge in [-0.05, 0) is 30.7 Å². The van der Waals surface area contributed by atoms with Crippen LogP contribution < -0.4 is 5.32 Å². The molecule has 0 bridgehead atoms. The van der Waals surface area contributed by atoms with Crippen LogP contribution in [0.2, 0.25) is 0 Å². The molecule has 1 saturated heterocycles. The highest BCUT2D eigenvalue weighted by Gasteiger charge is 2.32. The fourth-order valence-corrected chi connectivity index (χ4v) is 2.23. The summed E-state index contributed by atoms with van der Waals surface area (Å²) in [6.45, 7) is 2.23. The molecule has 0 amide bonds. The summed E-state index contributed by atoms with van der Waals surface area (Å²) in [5, 5.41) is 12.6. The molecule has 2 N–H and O–H groups in total. The van der Waals surface area contributed by atoms with Gasteiger partial charge in [-0.25, -0.2) is 0 Å². The number of carbonyl (C=O) groups excluding carboxylic acids is 1. The Morgan fingerprint density at radius 3 is 2.81 bits per heavy atom. The summed E-state index contributed by atoms with van der Waals surface area (Å²) in [5.74, 6) is -0.233. The van der Waals surface area contributed by atoms with E-state index in [1.807, 2.05) is 24.3 Å². The fraction of sp³-hybridized carbons (Fsp3) is 0.438. The van der Waals surface area contributed by atoms with Crippen LogP contribution in [0.25, 0.3) is 0 Å². The molecule has 1 aliphatic heterocycles. The van der Waals surface area contributed by atoms with E-state index >= 15 is 0 Å². The van der Waals surface area contributed by atoms with Gasteiger partial charge < -0.3 is 19.9 Å². The highest BCUT2D eigenvalue weighted by molar-refractivity contribution is 5.74. The Hall–Kier alpha value is -1.85. The predicted octanol–water partition coefficient (Wildman–Crippen LogP) is 1.87. The van der Waals surface area contributed by atoms with E-state index in [-0.39, 0.29) is 18.1 Å². The number of ether oxygens (including phenoxy) is 2. The van der Waals surface area contributed by atoms with Crippen molar-refractivity contribution >= 4 is 11.7 Å². The van der Waals surface area contributed by atoms with E-state index < -0.39 is 6.10 Å². The van der Waals surface area contributed by atoms with Crippen LogP contribution in [0, 0.1) is 0 Å². The first kappa shape index (κ1) is 15.5. The van der Waals surface area contributed by atoms with Gasteiger partial charge in [0.2, 0.25) is 0 Å². The van der Waals surface area contributed by atoms with Crippen molar-refractivity contribution in [2.45, 2.75) is 38.2 Å². The number of aliphatic hydroxyl groups is 1. The third kappa shape index (κ3) is 4.58. The molecule has 5 nitrogen and oxygen atoms in total. The van der Waals surface area contributed by atoms with E-state index in [0.717, 1.165) is 11.3 Å². The standard InChI is InChI=1S/C16H21NO4/c1-11(18)3-8-15-14(9-16(19)21-15)17-13-6-4-12(5-7-13)10-20-2/h3-8,11,14-15,17-18H,9-10H2,1-2H3. The molecule has 0 saturated carbocycles. The number of hydrogen-bond donors (Lipinski definition) is 2. The average molecular weight is 291 g/mol. The van der Waals surface area contributed by atoms with Gasteiger partial charge in [0.25, 0.3) is 0 Å². The van der Waals surface area contributed by atoms with Gasteiger partial charge in [0.15, 0.2) is 0 Å². The van der Waals surface area contributed by atoms with Crippen molar-refractivity contribution in [2.75, 3.05) is 12.4 Å². The second kappa shape index (κ2) is 7.24. The van der Waals surface area contributed by atoms with Gasteiger partial charge in [-0.15, -0.1) is 0 Å². The highest BCUT2D eigenvalue weighted by atomic mass is 16.6. The third-order valence-corrected chi connectivity index (χ3v) is 3.25. The molecule has 0 spiro atoms. The maximum absolute atomic E-state index is 11.5. The summed E-state index contributed by atoms with van der Waals surface area (Å²) < 4.78 is 10.3. The van der Waals surface area contributed by atoms with Crippen molar-refractivity contribution in [1.29, 1.82) is 0 Å². The largest absolute Gasteiger partial charge is 0.456 e. The molecule has 21 heavy (non-hydrogen) atoms. The molecule has 3 atom stereocenters. The van der Waals surface area contributed by atoms with Gasteiger partial charge in [-0.1, -0.05) is 18.2 Å². The zero-order chi connectivity index (χ0) is 15.2. The van der Waals surface area contributed by atoms with Crippen molar-refractivity contribution in [3.63, 3.8) is 0 Å². The SMILES string of the molecule is COCc1ccc(NC2CC(=O)OC2C=CC(C)O)cc1. The number of aliphatic hydroxyl groups excluding tert-OH is 1. The minimum atomic E-state index is -0.557.